The minimum atomic E-state index is -0.308. The monoisotopic (exact) mass is 249 g/mol. The molecule has 1 aromatic rings. The van der Waals surface area contributed by atoms with Crippen LogP contribution in [0.1, 0.15) is 18.0 Å². The molecule has 1 unspecified atom stereocenters. The van der Waals surface area contributed by atoms with Crippen molar-refractivity contribution in [2.45, 2.75) is 12.5 Å². The van der Waals surface area contributed by atoms with Crippen LogP contribution < -0.4 is 11.1 Å². The lowest BCUT2D eigenvalue weighted by Crippen LogP contribution is -2.20. The van der Waals surface area contributed by atoms with Gasteiger partial charge in [-0.2, -0.15) is 0 Å². The maximum Gasteiger partial charge on any atom is 0.219 e. The number of hydrogen-bond acceptors (Lipinski definition) is 3. The summed E-state index contributed by atoms with van der Waals surface area (Å²) in [5.74, 6) is 0.663. The fraction of sp³-hybridized carbons (Fsp3) is 0.333. The molecular formula is C12H15N3OS. The Morgan fingerprint density at radius 3 is 2.94 bits per heavy atom. The van der Waals surface area contributed by atoms with E-state index < -0.39 is 0 Å². The SMILES string of the molecule is NC(=O)CCN=C1NC(c2ccccc2)CS1. The van der Waals surface area contributed by atoms with Crippen LogP contribution in [0.3, 0.4) is 0 Å². The minimum absolute atomic E-state index is 0.307. The van der Waals surface area contributed by atoms with E-state index in [1.807, 2.05) is 18.2 Å². The van der Waals surface area contributed by atoms with Crippen LogP contribution in [0.4, 0.5) is 0 Å². The topological polar surface area (TPSA) is 67.5 Å². The van der Waals surface area contributed by atoms with Crippen molar-refractivity contribution in [3.63, 3.8) is 0 Å². The molecule has 0 radical (unpaired) electrons. The Morgan fingerprint density at radius 2 is 2.24 bits per heavy atom. The lowest BCUT2D eigenvalue weighted by atomic mass is 10.1. The third-order valence-corrected chi connectivity index (χ3v) is 3.52. The minimum Gasteiger partial charge on any atom is -0.370 e. The zero-order valence-corrected chi connectivity index (χ0v) is 10.2. The number of benzene rings is 1. The van der Waals surface area contributed by atoms with Crippen LogP contribution in [0, 0.1) is 0 Å². The van der Waals surface area contributed by atoms with Crippen molar-refractivity contribution >= 4 is 22.8 Å². The third-order valence-electron chi connectivity index (χ3n) is 2.50. The van der Waals surface area contributed by atoms with E-state index in [9.17, 15) is 4.79 Å². The Balaban J connectivity index is 1.89. The second kappa shape index (κ2) is 5.72. The molecule has 17 heavy (non-hydrogen) atoms. The van der Waals surface area contributed by atoms with E-state index >= 15 is 0 Å². The van der Waals surface area contributed by atoms with Crippen molar-refractivity contribution in [2.75, 3.05) is 12.3 Å². The number of thioether (sulfide) groups is 1. The van der Waals surface area contributed by atoms with E-state index in [1.165, 1.54) is 5.56 Å². The number of carbonyl (C=O) groups is 1. The van der Waals surface area contributed by atoms with Gasteiger partial charge in [0.2, 0.25) is 5.91 Å². The molecule has 90 valence electrons. The van der Waals surface area contributed by atoms with E-state index in [2.05, 4.69) is 22.4 Å². The van der Waals surface area contributed by atoms with E-state index in [-0.39, 0.29) is 5.91 Å². The van der Waals surface area contributed by atoms with E-state index in [1.54, 1.807) is 11.8 Å². The van der Waals surface area contributed by atoms with Gasteiger partial charge in [-0.3, -0.25) is 9.79 Å². The number of amidine groups is 1. The Kier molecular flexibility index (Phi) is 4.03. The summed E-state index contributed by atoms with van der Waals surface area (Å²) in [6, 6.07) is 10.6. The number of carbonyl (C=O) groups excluding carboxylic acids is 1. The molecular weight excluding hydrogens is 234 g/mol. The van der Waals surface area contributed by atoms with Gasteiger partial charge in [-0.1, -0.05) is 42.1 Å². The van der Waals surface area contributed by atoms with Gasteiger partial charge in [0.05, 0.1) is 12.6 Å². The lowest BCUT2D eigenvalue weighted by molar-refractivity contribution is -0.117. The number of aliphatic imine (C=N–C) groups is 1. The zero-order valence-electron chi connectivity index (χ0n) is 9.43. The molecule has 3 N–H and O–H groups in total. The molecule has 0 saturated carbocycles. The van der Waals surface area contributed by atoms with E-state index in [0.717, 1.165) is 10.9 Å². The van der Waals surface area contributed by atoms with Gasteiger partial charge in [0, 0.05) is 12.2 Å². The Morgan fingerprint density at radius 1 is 1.47 bits per heavy atom. The van der Waals surface area contributed by atoms with Crippen molar-refractivity contribution in [3.05, 3.63) is 35.9 Å². The summed E-state index contributed by atoms with van der Waals surface area (Å²) in [4.78, 5) is 14.9. The van der Waals surface area contributed by atoms with E-state index in [4.69, 9.17) is 5.73 Å². The number of nitrogens with two attached hydrogens (primary N) is 1. The summed E-state index contributed by atoms with van der Waals surface area (Å²) in [7, 11) is 0. The highest BCUT2D eigenvalue weighted by atomic mass is 32.2. The average molecular weight is 249 g/mol. The van der Waals surface area contributed by atoms with Crippen molar-refractivity contribution in [1.82, 2.24) is 5.32 Å². The van der Waals surface area contributed by atoms with Gasteiger partial charge in [-0.05, 0) is 5.56 Å². The van der Waals surface area contributed by atoms with Gasteiger partial charge in [-0.15, -0.1) is 0 Å². The highest BCUT2D eigenvalue weighted by Gasteiger charge is 2.21. The van der Waals surface area contributed by atoms with Gasteiger partial charge in [0.15, 0.2) is 5.17 Å². The fourth-order valence-electron chi connectivity index (χ4n) is 1.62. The van der Waals surface area contributed by atoms with Crippen LogP contribution in [-0.4, -0.2) is 23.4 Å². The number of hydrogen-bond donors (Lipinski definition) is 2. The van der Waals surface area contributed by atoms with Crippen molar-refractivity contribution in [2.24, 2.45) is 10.7 Å². The molecule has 4 nitrogen and oxygen atoms in total. The number of primary amides is 1. The predicted molar refractivity (Wildman–Crippen MR) is 70.9 cm³/mol. The third kappa shape index (κ3) is 3.49. The summed E-state index contributed by atoms with van der Waals surface area (Å²) >= 11 is 1.68. The maximum absolute atomic E-state index is 10.6. The van der Waals surface area contributed by atoms with Crippen LogP contribution >= 0.6 is 11.8 Å². The molecule has 1 aliphatic heterocycles. The molecule has 1 heterocycles. The molecule has 0 aromatic heterocycles. The van der Waals surface area contributed by atoms with Crippen molar-refractivity contribution < 1.29 is 4.79 Å². The molecule has 2 rings (SSSR count). The van der Waals surface area contributed by atoms with Gasteiger partial charge in [-0.25, -0.2) is 0 Å². The summed E-state index contributed by atoms with van der Waals surface area (Å²) in [6.45, 7) is 0.464. The first-order valence-electron chi connectivity index (χ1n) is 5.53. The normalized spacial score (nSPS) is 21.4. The van der Waals surface area contributed by atoms with Gasteiger partial charge in [0.1, 0.15) is 0 Å². The maximum atomic E-state index is 10.6. The average Bonchev–Trinajstić information content (AvgIpc) is 2.78. The predicted octanol–water partition coefficient (Wildman–Crippen LogP) is 1.30. The van der Waals surface area contributed by atoms with Gasteiger partial charge < -0.3 is 11.1 Å². The Bertz CT molecular complexity index is 419. The zero-order chi connectivity index (χ0) is 12.1. The van der Waals surface area contributed by atoms with Crippen molar-refractivity contribution in [1.29, 1.82) is 0 Å². The first kappa shape index (κ1) is 12.0. The molecule has 1 atom stereocenters. The second-order valence-electron chi connectivity index (χ2n) is 3.82. The molecule has 1 saturated heterocycles. The molecule has 0 spiro atoms. The Hall–Kier alpha value is -1.49. The number of nitrogens with zero attached hydrogens (tertiary/aromatic N) is 1. The summed E-state index contributed by atoms with van der Waals surface area (Å²) in [6.07, 6.45) is 0.307. The quantitative estimate of drug-likeness (QED) is 0.845. The molecule has 1 aromatic carbocycles. The van der Waals surface area contributed by atoms with Crippen LogP contribution in [0.5, 0.6) is 0 Å². The van der Waals surface area contributed by atoms with Crippen LogP contribution in [-0.2, 0) is 4.79 Å². The van der Waals surface area contributed by atoms with Gasteiger partial charge in [0.25, 0.3) is 0 Å². The number of rotatable bonds is 4. The molecule has 1 amide bonds. The number of nitrogens with one attached hydrogen (secondary N) is 1. The van der Waals surface area contributed by atoms with Gasteiger partial charge >= 0.3 is 0 Å². The molecule has 5 heteroatoms. The Labute approximate surface area is 105 Å². The smallest absolute Gasteiger partial charge is 0.219 e. The number of amides is 1. The van der Waals surface area contributed by atoms with E-state index in [0.29, 0.717) is 19.0 Å². The second-order valence-corrected chi connectivity index (χ2v) is 4.83. The standard InChI is InChI=1S/C12H15N3OS/c13-11(16)6-7-14-12-15-10(8-17-12)9-4-2-1-3-5-9/h1-5,10H,6-8H2,(H2,13,16)(H,14,15). The van der Waals surface area contributed by atoms with Crippen LogP contribution in [0.25, 0.3) is 0 Å². The first-order valence-corrected chi connectivity index (χ1v) is 6.51. The van der Waals surface area contributed by atoms with Crippen LogP contribution in [0.15, 0.2) is 35.3 Å². The molecule has 1 aliphatic rings. The summed E-state index contributed by atoms with van der Waals surface area (Å²) < 4.78 is 0. The summed E-state index contributed by atoms with van der Waals surface area (Å²) in [5.41, 5.74) is 6.32. The lowest BCUT2D eigenvalue weighted by Gasteiger charge is -2.09. The highest BCUT2D eigenvalue weighted by molar-refractivity contribution is 8.14. The van der Waals surface area contributed by atoms with Crippen LogP contribution in [0.2, 0.25) is 0 Å². The molecule has 0 aliphatic carbocycles. The first-order chi connectivity index (χ1) is 8.25. The molecule has 0 bridgehead atoms. The molecule has 1 fully saturated rings. The largest absolute Gasteiger partial charge is 0.370 e. The van der Waals surface area contributed by atoms with Crippen molar-refractivity contribution in [3.8, 4) is 0 Å². The fourth-order valence-corrected chi connectivity index (χ4v) is 2.63. The highest BCUT2D eigenvalue weighted by Crippen LogP contribution is 2.25. The summed E-state index contributed by atoms with van der Waals surface area (Å²) in [5, 5.41) is 4.24.